The third-order valence-corrected chi connectivity index (χ3v) is 7.44. The van der Waals surface area contributed by atoms with Crippen molar-refractivity contribution in [2.24, 2.45) is 0 Å². The van der Waals surface area contributed by atoms with Crippen molar-refractivity contribution in [2.45, 2.75) is 17.7 Å². The standard InChI is InChI=1S/C22H25N3O6S/c1-30-20-15-17(6-9-19(20)25-10-2-3-21(25)26)23-22(27)16-4-7-18(8-5-16)32(28,29)24-11-13-31-14-12-24/h4-9,15H,2-3,10-14H2,1H3,(H,23,27). The number of amides is 2. The van der Waals surface area contributed by atoms with Crippen molar-refractivity contribution in [3.63, 3.8) is 0 Å². The van der Waals surface area contributed by atoms with Gasteiger partial charge in [0.15, 0.2) is 0 Å². The number of rotatable bonds is 6. The van der Waals surface area contributed by atoms with E-state index in [0.717, 1.165) is 6.42 Å². The predicted molar refractivity (Wildman–Crippen MR) is 119 cm³/mol. The van der Waals surface area contributed by atoms with Gasteiger partial charge in [0.05, 0.1) is 30.9 Å². The Morgan fingerprint density at radius 2 is 1.78 bits per heavy atom. The van der Waals surface area contributed by atoms with Crippen LogP contribution in [0.3, 0.4) is 0 Å². The molecule has 0 aromatic heterocycles. The lowest BCUT2D eigenvalue weighted by atomic mass is 10.2. The number of ether oxygens (including phenoxy) is 2. The zero-order chi connectivity index (χ0) is 22.7. The van der Waals surface area contributed by atoms with Gasteiger partial charge in [0.2, 0.25) is 15.9 Å². The molecule has 2 saturated heterocycles. The molecule has 0 aliphatic carbocycles. The minimum atomic E-state index is -3.62. The third-order valence-electron chi connectivity index (χ3n) is 5.53. The molecule has 0 spiro atoms. The maximum Gasteiger partial charge on any atom is 0.255 e. The van der Waals surface area contributed by atoms with Gasteiger partial charge in [-0.25, -0.2) is 8.42 Å². The highest BCUT2D eigenvalue weighted by Gasteiger charge is 2.27. The largest absolute Gasteiger partial charge is 0.494 e. The van der Waals surface area contributed by atoms with Crippen LogP contribution in [0.4, 0.5) is 11.4 Å². The zero-order valence-corrected chi connectivity index (χ0v) is 18.6. The molecule has 2 aliphatic heterocycles. The first-order valence-corrected chi connectivity index (χ1v) is 11.8. The number of benzene rings is 2. The quantitative estimate of drug-likeness (QED) is 0.709. The monoisotopic (exact) mass is 459 g/mol. The lowest BCUT2D eigenvalue weighted by Crippen LogP contribution is -2.40. The van der Waals surface area contributed by atoms with Crippen molar-refractivity contribution < 1.29 is 27.5 Å². The van der Waals surface area contributed by atoms with Crippen LogP contribution in [0.15, 0.2) is 47.4 Å². The Labute approximate surface area is 187 Å². The Kier molecular flexibility index (Phi) is 6.45. The summed E-state index contributed by atoms with van der Waals surface area (Å²) in [6.45, 7) is 2.00. The second-order valence-electron chi connectivity index (χ2n) is 7.53. The molecule has 2 amide bonds. The van der Waals surface area contributed by atoms with E-state index in [1.807, 2.05) is 0 Å². The summed E-state index contributed by atoms with van der Waals surface area (Å²) < 4.78 is 37.5. The number of nitrogens with zero attached hydrogens (tertiary/aromatic N) is 2. The minimum Gasteiger partial charge on any atom is -0.494 e. The van der Waals surface area contributed by atoms with Crippen LogP contribution in [0, 0.1) is 0 Å². The number of sulfonamides is 1. The van der Waals surface area contributed by atoms with Crippen molar-refractivity contribution in [3.05, 3.63) is 48.0 Å². The molecule has 0 unspecified atom stereocenters. The topological polar surface area (TPSA) is 105 Å². The van der Waals surface area contributed by atoms with Gasteiger partial charge >= 0.3 is 0 Å². The highest BCUT2D eigenvalue weighted by Crippen LogP contribution is 2.34. The lowest BCUT2D eigenvalue weighted by molar-refractivity contribution is -0.117. The molecule has 0 atom stereocenters. The Hall–Kier alpha value is -2.95. The summed E-state index contributed by atoms with van der Waals surface area (Å²) in [6.07, 6.45) is 1.32. The zero-order valence-electron chi connectivity index (χ0n) is 17.7. The average Bonchev–Trinajstić information content (AvgIpc) is 3.25. The number of hydrogen-bond donors (Lipinski definition) is 1. The summed E-state index contributed by atoms with van der Waals surface area (Å²) in [5.74, 6) is 0.157. The number of nitrogens with one attached hydrogen (secondary N) is 1. The van der Waals surface area contributed by atoms with Crippen LogP contribution in [0.5, 0.6) is 5.75 Å². The summed E-state index contributed by atoms with van der Waals surface area (Å²) in [4.78, 5) is 26.5. The molecular formula is C22H25N3O6S. The fraction of sp³-hybridized carbons (Fsp3) is 0.364. The van der Waals surface area contributed by atoms with Crippen molar-refractivity contribution >= 4 is 33.2 Å². The van der Waals surface area contributed by atoms with Gasteiger partial charge in [-0.05, 0) is 42.8 Å². The van der Waals surface area contributed by atoms with Crippen LogP contribution >= 0.6 is 0 Å². The molecule has 0 bridgehead atoms. The molecule has 9 nitrogen and oxygen atoms in total. The molecule has 2 aromatic rings. The van der Waals surface area contributed by atoms with Gasteiger partial charge in [-0.1, -0.05) is 0 Å². The van der Waals surface area contributed by atoms with Crippen molar-refractivity contribution in [1.82, 2.24) is 4.31 Å². The fourth-order valence-corrected chi connectivity index (χ4v) is 5.21. The van der Waals surface area contributed by atoms with Gasteiger partial charge in [0, 0.05) is 43.4 Å². The van der Waals surface area contributed by atoms with Crippen LogP contribution in [0.1, 0.15) is 23.2 Å². The number of anilines is 2. The predicted octanol–water partition coefficient (Wildman–Crippen LogP) is 2.10. The van der Waals surface area contributed by atoms with Gasteiger partial charge in [0.1, 0.15) is 5.75 Å². The Morgan fingerprint density at radius 3 is 2.41 bits per heavy atom. The smallest absolute Gasteiger partial charge is 0.255 e. The Bertz CT molecular complexity index is 1110. The molecule has 1 N–H and O–H groups in total. The van der Waals surface area contributed by atoms with E-state index in [2.05, 4.69) is 5.32 Å². The number of carbonyl (C=O) groups is 2. The molecule has 32 heavy (non-hydrogen) atoms. The van der Waals surface area contributed by atoms with Crippen LogP contribution in [0.2, 0.25) is 0 Å². The van der Waals surface area contributed by atoms with E-state index in [0.29, 0.717) is 62.0 Å². The minimum absolute atomic E-state index is 0.0483. The molecule has 0 radical (unpaired) electrons. The van der Waals surface area contributed by atoms with Gasteiger partial charge in [-0.15, -0.1) is 0 Å². The van der Waals surface area contributed by atoms with Crippen molar-refractivity contribution in [1.29, 1.82) is 0 Å². The number of morpholine rings is 1. The molecule has 2 fully saturated rings. The van der Waals surface area contributed by atoms with Crippen molar-refractivity contribution in [2.75, 3.05) is 50.2 Å². The number of carbonyl (C=O) groups excluding carboxylic acids is 2. The van der Waals surface area contributed by atoms with Crippen LogP contribution in [-0.2, 0) is 19.6 Å². The summed E-state index contributed by atoms with van der Waals surface area (Å²) >= 11 is 0. The van der Waals surface area contributed by atoms with E-state index in [9.17, 15) is 18.0 Å². The molecule has 4 rings (SSSR count). The first-order valence-electron chi connectivity index (χ1n) is 10.4. The lowest BCUT2D eigenvalue weighted by Gasteiger charge is -2.26. The second kappa shape index (κ2) is 9.27. The van der Waals surface area contributed by atoms with E-state index in [1.54, 1.807) is 23.1 Å². The normalized spacial score (nSPS) is 17.4. The summed E-state index contributed by atoms with van der Waals surface area (Å²) in [5, 5.41) is 2.78. The molecule has 2 aromatic carbocycles. The van der Waals surface area contributed by atoms with Crippen LogP contribution in [-0.4, -0.2) is 64.5 Å². The Morgan fingerprint density at radius 1 is 1.06 bits per heavy atom. The van der Waals surface area contributed by atoms with Crippen LogP contribution in [0.25, 0.3) is 0 Å². The molecule has 170 valence electrons. The summed E-state index contributed by atoms with van der Waals surface area (Å²) in [6, 6.07) is 10.9. The van der Waals surface area contributed by atoms with Gasteiger partial charge in [-0.2, -0.15) is 4.31 Å². The summed E-state index contributed by atoms with van der Waals surface area (Å²) in [5.41, 5.74) is 1.50. The van der Waals surface area contributed by atoms with Crippen LogP contribution < -0.4 is 15.0 Å². The first-order chi connectivity index (χ1) is 15.4. The van der Waals surface area contributed by atoms with E-state index >= 15 is 0 Å². The van der Waals surface area contributed by atoms with Gasteiger partial charge < -0.3 is 19.7 Å². The second-order valence-corrected chi connectivity index (χ2v) is 9.47. The van der Waals surface area contributed by atoms with Gasteiger partial charge in [0.25, 0.3) is 5.91 Å². The molecule has 10 heteroatoms. The maximum absolute atomic E-state index is 12.7. The molecule has 2 aliphatic rings. The highest BCUT2D eigenvalue weighted by atomic mass is 32.2. The third kappa shape index (κ3) is 4.47. The van der Waals surface area contributed by atoms with E-state index in [4.69, 9.17) is 9.47 Å². The van der Waals surface area contributed by atoms with Gasteiger partial charge in [-0.3, -0.25) is 9.59 Å². The van der Waals surface area contributed by atoms with Crippen molar-refractivity contribution in [3.8, 4) is 5.75 Å². The molecule has 0 saturated carbocycles. The summed E-state index contributed by atoms with van der Waals surface area (Å²) in [7, 11) is -2.10. The number of hydrogen-bond acceptors (Lipinski definition) is 6. The highest BCUT2D eigenvalue weighted by molar-refractivity contribution is 7.89. The average molecular weight is 460 g/mol. The Balaban J connectivity index is 1.47. The van der Waals surface area contributed by atoms with E-state index < -0.39 is 10.0 Å². The molecular weight excluding hydrogens is 434 g/mol. The maximum atomic E-state index is 12.7. The number of methoxy groups -OCH3 is 1. The first kappa shape index (κ1) is 22.3. The van der Waals surface area contributed by atoms with E-state index in [-0.39, 0.29) is 16.7 Å². The fourth-order valence-electron chi connectivity index (χ4n) is 3.80. The van der Waals surface area contributed by atoms with E-state index in [1.165, 1.54) is 35.7 Å². The SMILES string of the molecule is COc1cc(NC(=O)c2ccc(S(=O)(=O)N3CCOCC3)cc2)ccc1N1CCCC1=O. The molecule has 2 heterocycles.